The summed E-state index contributed by atoms with van der Waals surface area (Å²) < 4.78 is 0. The number of benzene rings is 2. The van der Waals surface area contributed by atoms with Crippen LogP contribution in [0.5, 0.6) is 0 Å². The number of nitrogens with one attached hydrogen (secondary N) is 2. The average Bonchev–Trinajstić information content (AvgIpc) is 3.12. The number of aromatic amines is 1. The van der Waals surface area contributed by atoms with Crippen LogP contribution in [0.25, 0.3) is 32.9 Å². The molecule has 0 unspecified atom stereocenters. The van der Waals surface area contributed by atoms with E-state index >= 15 is 0 Å². The molecule has 0 bridgehead atoms. The fourth-order valence-electron chi connectivity index (χ4n) is 3.45. The zero-order valence-corrected chi connectivity index (χ0v) is 15.3. The molecule has 3 heterocycles. The Labute approximate surface area is 161 Å². The van der Waals surface area contributed by atoms with Crippen LogP contribution < -0.4 is 11.1 Å². The van der Waals surface area contributed by atoms with E-state index in [9.17, 15) is 0 Å². The van der Waals surface area contributed by atoms with Crippen LogP contribution in [0.4, 0.5) is 17.3 Å². The molecule has 0 atom stereocenters. The third-order valence-electron chi connectivity index (χ3n) is 4.94. The molecule has 28 heavy (non-hydrogen) atoms. The number of para-hydroxylation sites is 1. The van der Waals surface area contributed by atoms with Crippen LogP contribution in [0.1, 0.15) is 5.56 Å². The van der Waals surface area contributed by atoms with Gasteiger partial charge in [-0.2, -0.15) is 5.10 Å². The molecular weight excluding hydrogens is 348 g/mol. The minimum atomic E-state index is 0.419. The van der Waals surface area contributed by atoms with Gasteiger partial charge in [-0.3, -0.25) is 10.1 Å². The van der Waals surface area contributed by atoms with E-state index in [2.05, 4.69) is 44.5 Å². The predicted octanol–water partition coefficient (Wildman–Crippen LogP) is 4.81. The van der Waals surface area contributed by atoms with E-state index in [4.69, 9.17) is 5.73 Å². The molecule has 0 aliphatic rings. The van der Waals surface area contributed by atoms with Gasteiger partial charge in [-0.1, -0.05) is 30.3 Å². The maximum atomic E-state index is 6.17. The zero-order valence-electron chi connectivity index (χ0n) is 15.3. The highest BCUT2D eigenvalue weighted by Gasteiger charge is 2.16. The number of nitrogens with two attached hydrogens (primary N) is 1. The molecule has 3 aromatic heterocycles. The van der Waals surface area contributed by atoms with E-state index in [1.165, 1.54) is 0 Å². The Hall–Kier alpha value is -3.93. The fraction of sp³-hybridized carbons (Fsp3) is 0.0455. The molecular formula is C22H18N6. The van der Waals surface area contributed by atoms with E-state index in [-0.39, 0.29) is 0 Å². The summed E-state index contributed by atoms with van der Waals surface area (Å²) in [6, 6.07) is 18.2. The second kappa shape index (κ2) is 6.35. The molecule has 5 aromatic rings. The zero-order chi connectivity index (χ0) is 19.1. The van der Waals surface area contributed by atoms with Crippen molar-refractivity contribution >= 4 is 39.1 Å². The van der Waals surface area contributed by atoms with E-state index in [1.807, 2.05) is 48.7 Å². The Kier molecular flexibility index (Phi) is 3.69. The first-order valence-electron chi connectivity index (χ1n) is 9.01. The first kappa shape index (κ1) is 16.3. The fourth-order valence-corrected chi connectivity index (χ4v) is 3.45. The molecule has 0 saturated carbocycles. The number of nitrogen functional groups attached to an aromatic ring is 1. The van der Waals surface area contributed by atoms with Gasteiger partial charge >= 0.3 is 0 Å². The maximum absolute atomic E-state index is 6.17. The number of pyridine rings is 2. The summed E-state index contributed by atoms with van der Waals surface area (Å²) in [5.74, 6) is 1.10. The Balaban J connectivity index is 1.66. The number of hydrogen-bond acceptors (Lipinski definition) is 5. The van der Waals surface area contributed by atoms with Crippen LogP contribution in [-0.2, 0) is 0 Å². The van der Waals surface area contributed by atoms with Gasteiger partial charge in [0.05, 0.1) is 16.4 Å². The first-order chi connectivity index (χ1) is 13.7. The Morgan fingerprint density at radius 1 is 1.00 bits per heavy atom. The summed E-state index contributed by atoms with van der Waals surface area (Å²) in [4.78, 5) is 9.05. The van der Waals surface area contributed by atoms with Crippen molar-refractivity contribution in [3.8, 4) is 11.1 Å². The molecule has 6 heteroatoms. The van der Waals surface area contributed by atoms with Gasteiger partial charge in [-0.05, 0) is 42.3 Å². The van der Waals surface area contributed by atoms with E-state index in [1.54, 1.807) is 6.20 Å². The van der Waals surface area contributed by atoms with Gasteiger partial charge in [0.2, 0.25) is 0 Å². The van der Waals surface area contributed by atoms with Crippen LogP contribution >= 0.6 is 0 Å². The summed E-state index contributed by atoms with van der Waals surface area (Å²) in [7, 11) is 0. The van der Waals surface area contributed by atoms with Crippen molar-refractivity contribution in [3.63, 3.8) is 0 Å². The molecule has 0 amide bonds. The number of anilines is 3. The Bertz CT molecular complexity index is 1320. The molecule has 0 aliphatic carbocycles. The lowest BCUT2D eigenvalue weighted by atomic mass is 10.0. The van der Waals surface area contributed by atoms with Gasteiger partial charge in [-0.15, -0.1) is 0 Å². The van der Waals surface area contributed by atoms with Crippen LogP contribution in [0.2, 0.25) is 0 Å². The largest absolute Gasteiger partial charge is 0.382 e. The first-order valence-corrected chi connectivity index (χ1v) is 9.01. The number of H-pyrrole nitrogens is 1. The van der Waals surface area contributed by atoms with Gasteiger partial charge in [0, 0.05) is 29.0 Å². The molecule has 0 radical (unpaired) electrons. The van der Waals surface area contributed by atoms with Gasteiger partial charge in [0.1, 0.15) is 5.82 Å². The lowest BCUT2D eigenvalue weighted by molar-refractivity contribution is 1.13. The molecule has 6 nitrogen and oxygen atoms in total. The van der Waals surface area contributed by atoms with E-state index in [0.29, 0.717) is 11.6 Å². The topological polar surface area (TPSA) is 92.5 Å². The summed E-state index contributed by atoms with van der Waals surface area (Å²) in [6.07, 6.45) is 3.64. The molecule has 4 N–H and O–H groups in total. The molecule has 0 spiro atoms. The lowest BCUT2D eigenvalue weighted by Gasteiger charge is -2.12. The number of hydrogen-bond donors (Lipinski definition) is 3. The van der Waals surface area contributed by atoms with Crippen molar-refractivity contribution in [1.82, 2.24) is 20.2 Å². The van der Waals surface area contributed by atoms with Crippen molar-refractivity contribution in [1.29, 1.82) is 0 Å². The summed E-state index contributed by atoms with van der Waals surface area (Å²) >= 11 is 0. The quantitative estimate of drug-likeness (QED) is 0.426. The predicted molar refractivity (Wildman–Crippen MR) is 113 cm³/mol. The number of nitrogens with zero attached hydrogens (tertiary/aromatic N) is 3. The number of aromatic nitrogens is 4. The van der Waals surface area contributed by atoms with Crippen molar-refractivity contribution in [2.24, 2.45) is 0 Å². The molecule has 136 valence electrons. The molecule has 5 rings (SSSR count). The summed E-state index contributed by atoms with van der Waals surface area (Å²) in [6.45, 7) is 2.05. The van der Waals surface area contributed by atoms with Crippen LogP contribution in [0, 0.1) is 6.92 Å². The van der Waals surface area contributed by atoms with E-state index < -0.39 is 0 Å². The molecule has 0 saturated heterocycles. The summed E-state index contributed by atoms with van der Waals surface area (Å²) in [5.41, 5.74) is 12.1. The van der Waals surface area contributed by atoms with Gasteiger partial charge in [0.25, 0.3) is 0 Å². The monoisotopic (exact) mass is 366 g/mol. The highest BCUT2D eigenvalue weighted by atomic mass is 15.2. The molecule has 2 aromatic carbocycles. The van der Waals surface area contributed by atoms with Crippen LogP contribution in [-0.4, -0.2) is 20.2 Å². The lowest BCUT2D eigenvalue weighted by Crippen LogP contribution is -1.98. The molecule has 0 aliphatic heterocycles. The number of fused-ring (bicyclic) bond motifs is 2. The van der Waals surface area contributed by atoms with Crippen LogP contribution in [0.3, 0.4) is 0 Å². The van der Waals surface area contributed by atoms with Crippen LogP contribution in [0.15, 0.2) is 67.0 Å². The second-order valence-electron chi connectivity index (χ2n) is 6.73. The standard InChI is InChI=1S/C22H18N6/c1-13-5-2-3-7-17(13)26-22-19-20(27-28-21(19)23)16(12-25-22)14-8-9-18-15(11-14)6-4-10-24-18/h2-12H,1H3,(H,25,26)(H3,23,27,28). The smallest absolute Gasteiger partial charge is 0.156 e. The SMILES string of the molecule is Cc1ccccc1Nc1ncc(-c2ccc3ncccc3c2)c2[nH]nc(N)c12. The second-order valence-corrected chi connectivity index (χ2v) is 6.73. The normalized spacial score (nSPS) is 11.2. The summed E-state index contributed by atoms with van der Waals surface area (Å²) in [5, 5.41) is 12.5. The highest BCUT2D eigenvalue weighted by molar-refractivity contribution is 6.06. The third-order valence-corrected chi connectivity index (χ3v) is 4.94. The Morgan fingerprint density at radius 2 is 1.89 bits per heavy atom. The third kappa shape index (κ3) is 2.63. The minimum Gasteiger partial charge on any atom is -0.382 e. The Morgan fingerprint density at radius 3 is 2.79 bits per heavy atom. The average molecular weight is 366 g/mol. The van der Waals surface area contributed by atoms with Crippen molar-refractivity contribution < 1.29 is 0 Å². The van der Waals surface area contributed by atoms with Gasteiger partial charge in [-0.25, -0.2) is 4.98 Å². The van der Waals surface area contributed by atoms with Gasteiger partial charge in [0.15, 0.2) is 5.82 Å². The molecule has 0 fully saturated rings. The van der Waals surface area contributed by atoms with Gasteiger partial charge < -0.3 is 11.1 Å². The van der Waals surface area contributed by atoms with Crippen molar-refractivity contribution in [2.45, 2.75) is 6.92 Å². The minimum absolute atomic E-state index is 0.419. The number of rotatable bonds is 3. The van der Waals surface area contributed by atoms with E-state index in [0.717, 1.165) is 44.2 Å². The van der Waals surface area contributed by atoms with Crippen molar-refractivity contribution in [3.05, 3.63) is 72.6 Å². The highest BCUT2D eigenvalue weighted by Crippen LogP contribution is 2.35. The number of aryl methyl sites for hydroxylation is 1. The maximum Gasteiger partial charge on any atom is 0.156 e. The van der Waals surface area contributed by atoms with Crippen molar-refractivity contribution in [2.75, 3.05) is 11.1 Å².